The Morgan fingerprint density at radius 1 is 1.03 bits per heavy atom. The molecular weight excluding hydrogens is 412 g/mol. The molecule has 4 aromatic rings. The minimum Gasteiger partial charge on any atom is -0.256 e. The topological polar surface area (TPSA) is 98.1 Å². The summed E-state index contributed by atoms with van der Waals surface area (Å²) in [6.07, 6.45) is 11.3. The van der Waals surface area contributed by atoms with Crippen LogP contribution in [0.2, 0.25) is 0 Å². The quantitative estimate of drug-likeness (QED) is 0.414. The van der Waals surface area contributed by atoms with Gasteiger partial charge in [-0.3, -0.25) is 4.98 Å². The first-order valence-electron chi connectivity index (χ1n) is 12.0. The number of unbranched alkanes of at least 4 members (excludes halogenated alkanes) is 1. The Kier molecular flexibility index (Phi) is 6.51. The maximum atomic E-state index is 5.01. The molecule has 1 aliphatic rings. The van der Waals surface area contributed by atoms with Gasteiger partial charge in [0.25, 0.3) is 0 Å². The Morgan fingerprint density at radius 2 is 1.88 bits per heavy atom. The van der Waals surface area contributed by atoms with E-state index in [2.05, 4.69) is 44.4 Å². The maximum Gasteiger partial charge on any atom is 0.180 e. The normalized spacial score (nSPS) is 14.6. The number of rotatable bonds is 8. The standard InChI is InChI=1S/C25H30N8/c1-2-3-15-33-23(27-24(30-33)19-9-5-4-6-10-19)16-18-13-14-22(26-17-18)20-11-7-8-12-21(20)25-28-31-32-29-25/h7-8,11-14,17,19H,2-6,9-10,15-16H2,1H3,(H,28,29,31,32). The maximum absolute atomic E-state index is 5.01. The third-order valence-corrected chi connectivity index (χ3v) is 6.45. The third-order valence-electron chi connectivity index (χ3n) is 6.45. The van der Waals surface area contributed by atoms with Crippen LogP contribution >= 0.6 is 0 Å². The number of benzene rings is 1. The van der Waals surface area contributed by atoms with Crippen LogP contribution in [0.15, 0.2) is 42.6 Å². The highest BCUT2D eigenvalue weighted by molar-refractivity contribution is 5.78. The van der Waals surface area contributed by atoms with Crippen molar-refractivity contribution in [1.29, 1.82) is 0 Å². The van der Waals surface area contributed by atoms with Gasteiger partial charge >= 0.3 is 0 Å². The number of tetrazole rings is 1. The molecule has 0 atom stereocenters. The summed E-state index contributed by atoms with van der Waals surface area (Å²) in [6, 6.07) is 12.2. The number of hydrogen-bond donors (Lipinski definition) is 1. The lowest BCUT2D eigenvalue weighted by Crippen LogP contribution is -2.08. The second-order valence-electron chi connectivity index (χ2n) is 8.82. The zero-order valence-electron chi connectivity index (χ0n) is 19.1. The van der Waals surface area contributed by atoms with Crippen LogP contribution in [-0.2, 0) is 13.0 Å². The molecule has 0 amide bonds. The van der Waals surface area contributed by atoms with Gasteiger partial charge in [0.15, 0.2) is 11.6 Å². The Morgan fingerprint density at radius 3 is 2.61 bits per heavy atom. The smallest absolute Gasteiger partial charge is 0.180 e. The lowest BCUT2D eigenvalue weighted by Gasteiger charge is -2.18. The van der Waals surface area contributed by atoms with E-state index in [0.29, 0.717) is 11.7 Å². The summed E-state index contributed by atoms with van der Waals surface area (Å²) in [6.45, 7) is 3.14. The van der Waals surface area contributed by atoms with Crippen molar-refractivity contribution in [3.8, 4) is 22.6 Å². The molecular formula is C25H30N8. The number of hydrogen-bond acceptors (Lipinski definition) is 6. The number of H-pyrrole nitrogens is 1. The molecule has 8 nitrogen and oxygen atoms in total. The molecule has 170 valence electrons. The molecule has 1 aromatic carbocycles. The lowest BCUT2D eigenvalue weighted by atomic mass is 9.89. The second kappa shape index (κ2) is 10.0. The highest BCUT2D eigenvalue weighted by atomic mass is 15.5. The molecule has 33 heavy (non-hydrogen) atoms. The van der Waals surface area contributed by atoms with Crippen molar-refractivity contribution in [2.24, 2.45) is 0 Å². The van der Waals surface area contributed by atoms with Crippen LogP contribution in [0.5, 0.6) is 0 Å². The van der Waals surface area contributed by atoms with E-state index in [1.54, 1.807) is 0 Å². The molecule has 0 unspecified atom stereocenters. The number of aromatic amines is 1. The van der Waals surface area contributed by atoms with Crippen molar-refractivity contribution in [2.75, 3.05) is 0 Å². The zero-order valence-corrected chi connectivity index (χ0v) is 19.1. The van der Waals surface area contributed by atoms with Gasteiger partial charge in [0.05, 0.1) is 5.69 Å². The molecule has 1 saturated carbocycles. The molecule has 1 N–H and O–H groups in total. The zero-order chi connectivity index (χ0) is 22.5. The van der Waals surface area contributed by atoms with Crippen molar-refractivity contribution < 1.29 is 0 Å². The molecule has 1 aliphatic carbocycles. The Hall–Kier alpha value is -3.42. The second-order valence-corrected chi connectivity index (χ2v) is 8.82. The number of aryl methyl sites for hydroxylation is 1. The summed E-state index contributed by atoms with van der Waals surface area (Å²) in [5, 5.41) is 19.2. The number of nitrogens with zero attached hydrogens (tertiary/aromatic N) is 7. The van der Waals surface area contributed by atoms with Gasteiger partial charge in [0, 0.05) is 36.2 Å². The fraction of sp³-hybridized carbons (Fsp3) is 0.440. The fourth-order valence-electron chi connectivity index (χ4n) is 4.60. The third kappa shape index (κ3) is 4.84. The summed E-state index contributed by atoms with van der Waals surface area (Å²) in [5.74, 6) is 3.24. The Bertz CT molecular complexity index is 1160. The van der Waals surface area contributed by atoms with Crippen molar-refractivity contribution >= 4 is 0 Å². The van der Waals surface area contributed by atoms with E-state index in [9.17, 15) is 0 Å². The predicted octanol–water partition coefficient (Wildman–Crippen LogP) is 4.96. The van der Waals surface area contributed by atoms with Crippen molar-refractivity contribution in [1.82, 2.24) is 40.4 Å². The van der Waals surface area contributed by atoms with E-state index in [1.807, 2.05) is 30.5 Å². The predicted molar refractivity (Wildman–Crippen MR) is 126 cm³/mol. The van der Waals surface area contributed by atoms with Gasteiger partial charge in [-0.15, -0.1) is 5.10 Å². The van der Waals surface area contributed by atoms with Gasteiger partial charge in [0.2, 0.25) is 0 Å². The van der Waals surface area contributed by atoms with Gasteiger partial charge in [0.1, 0.15) is 5.82 Å². The van der Waals surface area contributed by atoms with Crippen LogP contribution in [0.25, 0.3) is 22.6 Å². The summed E-state index contributed by atoms with van der Waals surface area (Å²) in [7, 11) is 0. The van der Waals surface area contributed by atoms with E-state index < -0.39 is 0 Å². The Balaban J connectivity index is 1.38. The SMILES string of the molecule is CCCCn1nc(C2CCCCC2)nc1Cc1ccc(-c2ccccc2-c2nnn[nH]2)nc1. The van der Waals surface area contributed by atoms with Gasteiger partial charge < -0.3 is 0 Å². The van der Waals surface area contributed by atoms with Crippen LogP contribution in [0, 0.1) is 0 Å². The molecule has 5 rings (SSSR count). The van der Waals surface area contributed by atoms with Crippen molar-refractivity contribution in [3.05, 3.63) is 59.8 Å². The summed E-state index contributed by atoms with van der Waals surface area (Å²) in [5.41, 5.74) is 3.95. The van der Waals surface area contributed by atoms with Gasteiger partial charge in [-0.1, -0.05) is 62.9 Å². The number of pyridine rings is 1. The van der Waals surface area contributed by atoms with Crippen molar-refractivity contribution in [3.63, 3.8) is 0 Å². The first kappa shape index (κ1) is 21.4. The highest BCUT2D eigenvalue weighted by Gasteiger charge is 2.22. The minimum atomic E-state index is 0.517. The van der Waals surface area contributed by atoms with Gasteiger partial charge in [-0.2, -0.15) is 5.10 Å². The minimum absolute atomic E-state index is 0.517. The molecule has 3 heterocycles. The summed E-state index contributed by atoms with van der Waals surface area (Å²) in [4.78, 5) is 9.77. The van der Waals surface area contributed by atoms with Crippen molar-refractivity contribution in [2.45, 2.75) is 70.8 Å². The van der Waals surface area contributed by atoms with E-state index in [1.165, 1.54) is 32.1 Å². The first-order chi connectivity index (χ1) is 16.3. The lowest BCUT2D eigenvalue weighted by molar-refractivity contribution is 0.425. The monoisotopic (exact) mass is 442 g/mol. The molecule has 1 fully saturated rings. The van der Waals surface area contributed by atoms with E-state index in [4.69, 9.17) is 15.1 Å². The van der Waals surface area contributed by atoms with Gasteiger partial charge in [-0.25, -0.2) is 14.8 Å². The molecule has 3 aromatic heterocycles. The van der Waals surface area contributed by atoms with Gasteiger partial charge in [-0.05, 0) is 41.3 Å². The largest absolute Gasteiger partial charge is 0.256 e. The molecule has 8 heteroatoms. The van der Waals surface area contributed by atoms with Crippen LogP contribution in [0.3, 0.4) is 0 Å². The van der Waals surface area contributed by atoms with E-state index >= 15 is 0 Å². The first-order valence-corrected chi connectivity index (χ1v) is 12.0. The average Bonchev–Trinajstić information content (AvgIpc) is 3.54. The summed E-state index contributed by atoms with van der Waals surface area (Å²) >= 11 is 0. The number of nitrogens with one attached hydrogen (secondary N) is 1. The molecule has 0 saturated heterocycles. The van der Waals surface area contributed by atoms with Crippen LogP contribution in [0.4, 0.5) is 0 Å². The summed E-state index contributed by atoms with van der Waals surface area (Å²) < 4.78 is 2.13. The molecule has 0 radical (unpaired) electrons. The molecule has 0 aliphatic heterocycles. The Labute approximate surface area is 193 Å². The average molecular weight is 443 g/mol. The molecule has 0 bridgehead atoms. The fourth-order valence-corrected chi connectivity index (χ4v) is 4.60. The van der Waals surface area contributed by atoms with E-state index in [0.717, 1.165) is 59.8 Å². The van der Waals surface area contributed by atoms with Crippen LogP contribution < -0.4 is 0 Å². The van der Waals surface area contributed by atoms with Crippen LogP contribution in [0.1, 0.15) is 75.0 Å². The van der Waals surface area contributed by atoms with E-state index in [-0.39, 0.29) is 0 Å². The highest BCUT2D eigenvalue weighted by Crippen LogP contribution is 2.31. The van der Waals surface area contributed by atoms with Crippen LogP contribution in [-0.4, -0.2) is 40.4 Å². The molecule has 0 spiro atoms. The number of aromatic nitrogens is 8.